The van der Waals surface area contributed by atoms with Crippen LogP contribution in [0.5, 0.6) is 0 Å². The van der Waals surface area contributed by atoms with Gasteiger partial charge in [-0.2, -0.15) is 0 Å². The van der Waals surface area contributed by atoms with Gasteiger partial charge in [-0.25, -0.2) is 9.97 Å². The van der Waals surface area contributed by atoms with Crippen LogP contribution in [0.25, 0.3) is 0 Å². The van der Waals surface area contributed by atoms with E-state index in [0.717, 1.165) is 26.2 Å². The van der Waals surface area contributed by atoms with Gasteiger partial charge in [0.1, 0.15) is 0 Å². The second kappa shape index (κ2) is 7.96. The Morgan fingerprint density at radius 3 is 2.65 bits per heavy atom. The topological polar surface area (TPSA) is 105 Å². The highest BCUT2D eigenvalue weighted by Gasteiger charge is 2.30. The van der Waals surface area contributed by atoms with Gasteiger partial charge in [-0.3, -0.25) is 9.59 Å². The maximum Gasteiger partial charge on any atom is 0.257 e. The van der Waals surface area contributed by atoms with Crippen LogP contribution in [0, 0.1) is 6.92 Å². The third-order valence-electron chi connectivity index (χ3n) is 4.91. The summed E-state index contributed by atoms with van der Waals surface area (Å²) in [6.07, 6.45) is 1.68. The lowest BCUT2D eigenvalue weighted by Gasteiger charge is -2.35. The Morgan fingerprint density at radius 2 is 2.00 bits per heavy atom. The quantitative estimate of drug-likeness (QED) is 0.751. The Kier molecular flexibility index (Phi) is 5.67. The first kappa shape index (κ1) is 18.5. The van der Waals surface area contributed by atoms with Gasteiger partial charge in [-0.05, 0) is 14.0 Å². The Bertz CT molecular complexity index is 674. The number of nitrogens with zero attached hydrogens (tertiary/aromatic N) is 5. The number of ether oxygens (including phenoxy) is 1. The highest BCUT2D eigenvalue weighted by molar-refractivity contribution is 5.95. The van der Waals surface area contributed by atoms with Crippen LogP contribution < -0.4 is 10.6 Å². The number of hydrogen-bond acceptors (Lipinski definition) is 7. The molecular weight excluding hydrogens is 336 g/mol. The molecule has 0 bridgehead atoms. The van der Waals surface area contributed by atoms with Gasteiger partial charge >= 0.3 is 0 Å². The second-order valence-electron chi connectivity index (χ2n) is 6.86. The maximum atomic E-state index is 13.0. The molecule has 0 aromatic carbocycles. The molecule has 142 valence electrons. The van der Waals surface area contributed by atoms with E-state index < -0.39 is 5.91 Å². The molecule has 2 fully saturated rings. The van der Waals surface area contributed by atoms with Gasteiger partial charge in [0, 0.05) is 45.3 Å². The molecule has 9 nitrogen and oxygen atoms in total. The van der Waals surface area contributed by atoms with Gasteiger partial charge in [0.15, 0.2) is 0 Å². The number of amides is 2. The van der Waals surface area contributed by atoms with Gasteiger partial charge in [0.25, 0.3) is 5.91 Å². The van der Waals surface area contributed by atoms with Crippen LogP contribution in [-0.4, -0.2) is 90.6 Å². The molecule has 9 heteroatoms. The molecule has 1 unspecified atom stereocenters. The summed E-state index contributed by atoms with van der Waals surface area (Å²) in [5.41, 5.74) is 6.40. The number of primary amides is 1. The van der Waals surface area contributed by atoms with E-state index >= 15 is 0 Å². The van der Waals surface area contributed by atoms with Crippen molar-refractivity contribution in [3.8, 4) is 0 Å². The number of likely N-dealkylation sites (N-methyl/N-ethyl adjacent to an activating group) is 1. The van der Waals surface area contributed by atoms with Crippen molar-refractivity contribution in [2.75, 3.05) is 57.9 Å². The molecule has 2 aliphatic rings. The van der Waals surface area contributed by atoms with Gasteiger partial charge < -0.3 is 25.2 Å². The average Bonchev–Trinajstić information content (AvgIpc) is 2.62. The van der Waals surface area contributed by atoms with Crippen molar-refractivity contribution in [3.05, 3.63) is 17.5 Å². The molecule has 2 amide bonds. The predicted molar refractivity (Wildman–Crippen MR) is 95.9 cm³/mol. The SMILES string of the molecule is Cc1nc(N2CCN(C)CC2)ncc1C(=O)N1CCOCC1CC(N)=O. The molecule has 1 atom stereocenters. The molecule has 3 rings (SSSR count). The normalized spacial score (nSPS) is 21.7. The first-order valence-corrected chi connectivity index (χ1v) is 8.90. The van der Waals surface area contributed by atoms with Gasteiger partial charge in [0.05, 0.1) is 30.5 Å². The molecule has 2 aliphatic heterocycles. The largest absolute Gasteiger partial charge is 0.377 e. The van der Waals surface area contributed by atoms with E-state index in [1.807, 2.05) is 6.92 Å². The Morgan fingerprint density at radius 1 is 1.27 bits per heavy atom. The predicted octanol–water partition coefficient (Wildman–Crippen LogP) is -0.747. The molecule has 3 heterocycles. The molecule has 1 aromatic rings. The standard InChI is InChI=1S/C17H26N6O3/c1-12-14(10-19-17(20-12)22-5-3-21(2)4-6-22)16(25)23-7-8-26-11-13(23)9-15(18)24/h10,13H,3-9,11H2,1-2H3,(H2,18,24). The van der Waals surface area contributed by atoms with E-state index in [1.54, 1.807) is 11.1 Å². The summed E-state index contributed by atoms with van der Waals surface area (Å²) in [6, 6.07) is -0.342. The monoisotopic (exact) mass is 362 g/mol. The summed E-state index contributed by atoms with van der Waals surface area (Å²) in [5.74, 6) is 0.0291. The third kappa shape index (κ3) is 4.10. The van der Waals surface area contributed by atoms with Gasteiger partial charge in [0.2, 0.25) is 11.9 Å². The number of nitrogens with two attached hydrogens (primary N) is 1. The van der Waals surface area contributed by atoms with Crippen molar-refractivity contribution in [1.29, 1.82) is 0 Å². The minimum absolute atomic E-state index is 0.0883. The van der Waals surface area contributed by atoms with Crippen LogP contribution in [0.2, 0.25) is 0 Å². The number of morpholine rings is 1. The Balaban J connectivity index is 1.75. The summed E-state index contributed by atoms with van der Waals surface area (Å²) < 4.78 is 5.39. The summed E-state index contributed by atoms with van der Waals surface area (Å²) in [5, 5.41) is 0. The van der Waals surface area contributed by atoms with Crippen molar-refractivity contribution in [3.63, 3.8) is 0 Å². The molecule has 2 N–H and O–H groups in total. The summed E-state index contributed by atoms with van der Waals surface area (Å²) in [4.78, 5) is 39.2. The summed E-state index contributed by atoms with van der Waals surface area (Å²) >= 11 is 0. The first-order chi connectivity index (χ1) is 12.5. The van der Waals surface area contributed by atoms with Crippen molar-refractivity contribution in [1.82, 2.24) is 19.8 Å². The molecule has 1 aromatic heterocycles. The number of hydrogen-bond donors (Lipinski definition) is 1. The fourth-order valence-electron chi connectivity index (χ4n) is 3.30. The van der Waals surface area contributed by atoms with E-state index in [9.17, 15) is 9.59 Å². The van der Waals surface area contributed by atoms with E-state index in [-0.39, 0.29) is 18.4 Å². The van der Waals surface area contributed by atoms with E-state index in [2.05, 4.69) is 26.8 Å². The zero-order valence-electron chi connectivity index (χ0n) is 15.3. The lowest BCUT2D eigenvalue weighted by molar-refractivity contribution is -0.120. The fraction of sp³-hybridized carbons (Fsp3) is 0.647. The van der Waals surface area contributed by atoms with Crippen molar-refractivity contribution < 1.29 is 14.3 Å². The Hall–Kier alpha value is -2.26. The number of anilines is 1. The highest BCUT2D eigenvalue weighted by atomic mass is 16.5. The van der Waals surface area contributed by atoms with Crippen LogP contribution in [0.15, 0.2) is 6.20 Å². The van der Waals surface area contributed by atoms with Crippen LogP contribution in [-0.2, 0) is 9.53 Å². The smallest absolute Gasteiger partial charge is 0.257 e. The highest BCUT2D eigenvalue weighted by Crippen LogP contribution is 2.18. The minimum atomic E-state index is -0.448. The van der Waals surface area contributed by atoms with Crippen LogP contribution in [0.4, 0.5) is 5.95 Å². The van der Waals surface area contributed by atoms with E-state index in [1.165, 1.54) is 0 Å². The number of rotatable bonds is 4. The number of carbonyl (C=O) groups excluding carboxylic acids is 2. The lowest BCUT2D eigenvalue weighted by atomic mass is 10.1. The number of carbonyl (C=O) groups is 2. The zero-order valence-corrected chi connectivity index (χ0v) is 15.3. The van der Waals surface area contributed by atoms with E-state index in [4.69, 9.17) is 10.5 Å². The van der Waals surface area contributed by atoms with Crippen LogP contribution in [0.1, 0.15) is 22.5 Å². The maximum absolute atomic E-state index is 13.0. The second-order valence-corrected chi connectivity index (χ2v) is 6.86. The van der Waals surface area contributed by atoms with Crippen molar-refractivity contribution in [2.24, 2.45) is 5.73 Å². The molecule has 0 saturated carbocycles. The number of aryl methyl sites for hydroxylation is 1. The molecule has 2 saturated heterocycles. The summed E-state index contributed by atoms with van der Waals surface area (Å²) in [6.45, 7) is 6.67. The van der Waals surface area contributed by atoms with Crippen molar-refractivity contribution >= 4 is 17.8 Å². The molecular formula is C17H26N6O3. The molecule has 0 radical (unpaired) electrons. The van der Waals surface area contributed by atoms with Crippen molar-refractivity contribution in [2.45, 2.75) is 19.4 Å². The van der Waals surface area contributed by atoms with Gasteiger partial charge in [-0.1, -0.05) is 0 Å². The van der Waals surface area contributed by atoms with Crippen LogP contribution in [0.3, 0.4) is 0 Å². The Labute approximate surface area is 153 Å². The molecule has 0 aliphatic carbocycles. The van der Waals surface area contributed by atoms with E-state index in [0.29, 0.717) is 37.0 Å². The zero-order chi connectivity index (χ0) is 18.7. The molecule has 26 heavy (non-hydrogen) atoms. The lowest BCUT2D eigenvalue weighted by Crippen LogP contribution is -2.50. The van der Waals surface area contributed by atoms with Gasteiger partial charge in [-0.15, -0.1) is 0 Å². The molecule has 0 spiro atoms. The third-order valence-corrected chi connectivity index (χ3v) is 4.91. The van der Waals surface area contributed by atoms with Crippen LogP contribution >= 0.6 is 0 Å². The average molecular weight is 362 g/mol. The number of aromatic nitrogens is 2. The fourth-order valence-corrected chi connectivity index (χ4v) is 3.30. The first-order valence-electron chi connectivity index (χ1n) is 8.90. The minimum Gasteiger partial charge on any atom is -0.377 e. The summed E-state index contributed by atoms with van der Waals surface area (Å²) in [7, 11) is 2.09. The number of piperazine rings is 1.